The molecule has 1 atom stereocenters. The molecule has 1 aromatic rings. The second-order valence-electron chi connectivity index (χ2n) is 3.96. The van der Waals surface area contributed by atoms with Crippen LogP contribution in [0.1, 0.15) is 11.1 Å². The van der Waals surface area contributed by atoms with Gasteiger partial charge in [-0.3, -0.25) is 10.2 Å². The first-order chi connectivity index (χ1) is 9.08. The summed E-state index contributed by atoms with van der Waals surface area (Å²) in [5.41, 5.74) is 8.25. The highest BCUT2D eigenvalue weighted by atomic mass is 16.5. The van der Waals surface area contributed by atoms with Crippen LogP contribution in [0.2, 0.25) is 0 Å². The van der Waals surface area contributed by atoms with Crippen molar-refractivity contribution in [2.24, 2.45) is 10.7 Å². The summed E-state index contributed by atoms with van der Waals surface area (Å²) in [6, 6.07) is 6.84. The van der Waals surface area contributed by atoms with E-state index >= 15 is 0 Å². The lowest BCUT2D eigenvalue weighted by Gasteiger charge is -2.09. The predicted molar refractivity (Wildman–Crippen MR) is 76.4 cm³/mol. The number of carbonyl (C=O) groups excluding carboxylic acids is 1. The standard InChI is InChI=1S/C14H17N3O2/c1-10(8-17-9-15)12-5-3-11(4-6-12)7-13(16)14(18)19-2/h3-6,8-9,13,15H,1,7,16H2,2H3. The molecule has 100 valence electrons. The lowest BCUT2D eigenvalue weighted by Crippen LogP contribution is -2.33. The van der Waals surface area contributed by atoms with Crippen LogP contribution in [0, 0.1) is 5.41 Å². The number of hydrogen-bond acceptors (Lipinski definition) is 4. The molecule has 5 heteroatoms. The number of nitrogens with two attached hydrogens (primary N) is 1. The first-order valence-electron chi connectivity index (χ1n) is 5.72. The van der Waals surface area contributed by atoms with E-state index in [4.69, 9.17) is 11.1 Å². The average molecular weight is 259 g/mol. The van der Waals surface area contributed by atoms with Crippen LogP contribution in [0.5, 0.6) is 0 Å². The van der Waals surface area contributed by atoms with E-state index in [0.29, 0.717) is 12.0 Å². The number of methoxy groups -OCH3 is 1. The van der Waals surface area contributed by atoms with Gasteiger partial charge in [0.25, 0.3) is 0 Å². The quantitative estimate of drug-likeness (QED) is 0.460. The molecule has 0 aliphatic heterocycles. The summed E-state index contributed by atoms with van der Waals surface area (Å²) in [5, 5.41) is 6.81. The maximum Gasteiger partial charge on any atom is 0.322 e. The number of ether oxygens (including phenoxy) is 1. The fraction of sp³-hybridized carbons (Fsp3) is 0.214. The Bertz CT molecular complexity index is 492. The molecule has 1 rings (SSSR count). The third-order valence-electron chi connectivity index (χ3n) is 2.59. The van der Waals surface area contributed by atoms with Crippen molar-refractivity contribution in [3.8, 4) is 0 Å². The molecule has 1 aromatic carbocycles. The molecule has 3 N–H and O–H groups in total. The largest absolute Gasteiger partial charge is 0.468 e. The molecule has 5 nitrogen and oxygen atoms in total. The Morgan fingerprint density at radius 3 is 2.68 bits per heavy atom. The van der Waals surface area contributed by atoms with Crippen LogP contribution >= 0.6 is 0 Å². The van der Waals surface area contributed by atoms with Crippen molar-refractivity contribution in [1.29, 1.82) is 5.41 Å². The summed E-state index contributed by atoms with van der Waals surface area (Å²) >= 11 is 0. The van der Waals surface area contributed by atoms with Crippen LogP contribution in [0.15, 0.2) is 35.8 Å². The molecule has 0 bridgehead atoms. The van der Waals surface area contributed by atoms with Crippen molar-refractivity contribution >= 4 is 24.1 Å². The number of hydrogen-bond donors (Lipinski definition) is 2. The predicted octanol–water partition coefficient (Wildman–Crippen LogP) is 1.42. The molecular formula is C14H17N3O2. The number of aliphatic imine (C=N–C) groups is 1. The Hall–Kier alpha value is -2.27. The van der Waals surface area contributed by atoms with Crippen LogP contribution in [0.4, 0.5) is 0 Å². The number of rotatable bonds is 6. The molecule has 0 saturated heterocycles. The van der Waals surface area contributed by atoms with E-state index in [1.807, 2.05) is 24.3 Å². The van der Waals surface area contributed by atoms with Gasteiger partial charge in [-0.25, -0.2) is 4.99 Å². The SMILES string of the molecule is C=C(C=NC=N)c1ccc(CC(N)C(=O)OC)cc1. The number of carbonyl (C=O) groups is 1. The van der Waals surface area contributed by atoms with Gasteiger partial charge in [-0.1, -0.05) is 30.8 Å². The third kappa shape index (κ3) is 4.48. The summed E-state index contributed by atoms with van der Waals surface area (Å²) in [6.45, 7) is 3.84. The molecule has 0 aliphatic rings. The molecule has 0 fully saturated rings. The van der Waals surface area contributed by atoms with E-state index in [-0.39, 0.29) is 0 Å². The number of benzene rings is 1. The molecule has 0 aliphatic carbocycles. The molecule has 0 spiro atoms. The zero-order valence-electron chi connectivity index (χ0n) is 10.8. The van der Waals surface area contributed by atoms with Crippen molar-refractivity contribution < 1.29 is 9.53 Å². The van der Waals surface area contributed by atoms with Gasteiger partial charge in [0.1, 0.15) is 12.4 Å². The average Bonchev–Trinajstić information content (AvgIpc) is 2.44. The molecule has 0 radical (unpaired) electrons. The van der Waals surface area contributed by atoms with Gasteiger partial charge in [0.2, 0.25) is 0 Å². The van der Waals surface area contributed by atoms with E-state index in [1.54, 1.807) is 0 Å². The minimum atomic E-state index is -0.654. The second-order valence-corrected chi connectivity index (χ2v) is 3.96. The van der Waals surface area contributed by atoms with Crippen molar-refractivity contribution in [2.45, 2.75) is 12.5 Å². The molecule has 1 unspecified atom stereocenters. The molecule has 19 heavy (non-hydrogen) atoms. The van der Waals surface area contributed by atoms with Crippen molar-refractivity contribution in [3.05, 3.63) is 42.0 Å². The number of nitrogens with zero attached hydrogens (tertiary/aromatic N) is 1. The van der Waals surface area contributed by atoms with Gasteiger partial charge in [0.15, 0.2) is 0 Å². The summed E-state index contributed by atoms with van der Waals surface area (Å²) in [4.78, 5) is 14.9. The number of allylic oxidation sites excluding steroid dienone is 1. The molecule has 0 heterocycles. The van der Waals surface area contributed by atoms with Crippen LogP contribution in [-0.4, -0.2) is 31.7 Å². The molecule has 0 saturated carbocycles. The minimum absolute atomic E-state index is 0.424. The summed E-state index contributed by atoms with van der Waals surface area (Å²) < 4.78 is 4.57. The van der Waals surface area contributed by atoms with Gasteiger partial charge in [-0.2, -0.15) is 0 Å². The molecule has 0 amide bonds. The van der Waals surface area contributed by atoms with Crippen molar-refractivity contribution in [1.82, 2.24) is 0 Å². The van der Waals surface area contributed by atoms with E-state index in [1.165, 1.54) is 13.3 Å². The summed E-state index contributed by atoms with van der Waals surface area (Å²) in [5.74, 6) is -0.424. The zero-order valence-corrected chi connectivity index (χ0v) is 10.8. The first kappa shape index (κ1) is 14.8. The fourth-order valence-electron chi connectivity index (χ4n) is 1.55. The van der Waals surface area contributed by atoms with Gasteiger partial charge in [-0.15, -0.1) is 0 Å². The lowest BCUT2D eigenvalue weighted by molar-refractivity contribution is -0.142. The topological polar surface area (TPSA) is 88.5 Å². The normalized spacial score (nSPS) is 12.1. The Morgan fingerprint density at radius 1 is 1.53 bits per heavy atom. The second kappa shape index (κ2) is 7.23. The van der Waals surface area contributed by atoms with Crippen molar-refractivity contribution in [2.75, 3.05) is 7.11 Å². The van der Waals surface area contributed by atoms with Crippen LogP contribution in [-0.2, 0) is 16.0 Å². The molecule has 0 aromatic heterocycles. The van der Waals surface area contributed by atoms with E-state index < -0.39 is 12.0 Å². The number of nitrogens with one attached hydrogen (secondary N) is 1. The minimum Gasteiger partial charge on any atom is -0.468 e. The highest BCUT2D eigenvalue weighted by molar-refractivity contribution is 6.10. The Balaban J connectivity index is 2.71. The Kier molecular flexibility index (Phi) is 5.63. The first-order valence-corrected chi connectivity index (χ1v) is 5.72. The van der Waals surface area contributed by atoms with Gasteiger partial charge in [-0.05, 0) is 23.1 Å². The highest BCUT2D eigenvalue weighted by Gasteiger charge is 2.13. The van der Waals surface area contributed by atoms with Gasteiger partial charge in [0, 0.05) is 6.21 Å². The maximum atomic E-state index is 11.2. The summed E-state index contributed by atoms with van der Waals surface area (Å²) in [7, 11) is 1.32. The van der Waals surface area contributed by atoms with Crippen LogP contribution in [0.3, 0.4) is 0 Å². The van der Waals surface area contributed by atoms with E-state index in [9.17, 15) is 4.79 Å². The van der Waals surface area contributed by atoms with Gasteiger partial charge >= 0.3 is 5.97 Å². The smallest absolute Gasteiger partial charge is 0.322 e. The highest BCUT2D eigenvalue weighted by Crippen LogP contribution is 2.13. The van der Waals surface area contributed by atoms with Crippen LogP contribution < -0.4 is 5.73 Å². The van der Waals surface area contributed by atoms with Crippen molar-refractivity contribution in [3.63, 3.8) is 0 Å². The van der Waals surface area contributed by atoms with Gasteiger partial charge < -0.3 is 10.5 Å². The van der Waals surface area contributed by atoms with E-state index in [2.05, 4.69) is 16.3 Å². The third-order valence-corrected chi connectivity index (χ3v) is 2.59. The Labute approximate surface area is 112 Å². The molecular weight excluding hydrogens is 242 g/mol. The Morgan fingerprint density at radius 2 is 2.16 bits per heavy atom. The summed E-state index contributed by atoms with van der Waals surface area (Å²) in [6.07, 6.45) is 2.89. The van der Waals surface area contributed by atoms with Gasteiger partial charge in [0.05, 0.1) is 7.11 Å². The fourth-order valence-corrected chi connectivity index (χ4v) is 1.55. The van der Waals surface area contributed by atoms with Crippen LogP contribution in [0.25, 0.3) is 5.57 Å². The lowest BCUT2D eigenvalue weighted by atomic mass is 10.0. The zero-order chi connectivity index (χ0) is 14.3. The van der Waals surface area contributed by atoms with E-state index in [0.717, 1.165) is 17.5 Å². The number of esters is 1. The maximum absolute atomic E-state index is 11.2. The monoisotopic (exact) mass is 259 g/mol.